The molecule has 0 aliphatic heterocycles. The van der Waals surface area contributed by atoms with Gasteiger partial charge in [0.2, 0.25) is 0 Å². The zero-order chi connectivity index (χ0) is 13.0. The minimum Gasteiger partial charge on any atom is -0.345 e. The van der Waals surface area contributed by atoms with E-state index >= 15 is 0 Å². The van der Waals surface area contributed by atoms with Crippen LogP contribution in [0.5, 0.6) is 0 Å². The standard InChI is InChI=1S/C13H18N4O/c1-3-4-7-17(2)13(18)16-10-5-6-11-12(8-10)15-9-14-11/h5-6,8-9H,3-4,7H2,1-2H3,(H,14,15)(H,16,18). The Labute approximate surface area is 106 Å². The zero-order valence-electron chi connectivity index (χ0n) is 10.7. The molecular weight excluding hydrogens is 228 g/mol. The maximum absolute atomic E-state index is 11.9. The van der Waals surface area contributed by atoms with E-state index in [2.05, 4.69) is 22.2 Å². The molecule has 0 saturated carbocycles. The van der Waals surface area contributed by atoms with E-state index in [4.69, 9.17) is 0 Å². The van der Waals surface area contributed by atoms with Gasteiger partial charge in [0.25, 0.3) is 0 Å². The summed E-state index contributed by atoms with van der Waals surface area (Å²) in [6.45, 7) is 2.88. The number of carbonyl (C=O) groups excluding carboxylic acids is 1. The summed E-state index contributed by atoms with van der Waals surface area (Å²) < 4.78 is 0. The van der Waals surface area contributed by atoms with Crippen LogP contribution in [0.4, 0.5) is 10.5 Å². The van der Waals surface area contributed by atoms with Gasteiger partial charge in [-0.1, -0.05) is 13.3 Å². The molecule has 0 bridgehead atoms. The lowest BCUT2D eigenvalue weighted by Crippen LogP contribution is -2.32. The molecule has 0 fully saturated rings. The van der Waals surface area contributed by atoms with Crippen molar-refractivity contribution in [2.45, 2.75) is 19.8 Å². The molecule has 0 atom stereocenters. The Kier molecular flexibility index (Phi) is 3.82. The first kappa shape index (κ1) is 12.4. The van der Waals surface area contributed by atoms with Crippen LogP contribution >= 0.6 is 0 Å². The number of fused-ring (bicyclic) bond motifs is 1. The fourth-order valence-corrected chi connectivity index (χ4v) is 1.73. The van der Waals surface area contributed by atoms with Crippen LogP contribution in [0.15, 0.2) is 24.5 Å². The van der Waals surface area contributed by atoms with E-state index in [-0.39, 0.29) is 6.03 Å². The summed E-state index contributed by atoms with van der Waals surface area (Å²) in [7, 11) is 1.81. The van der Waals surface area contributed by atoms with E-state index in [1.807, 2.05) is 18.2 Å². The van der Waals surface area contributed by atoms with Crippen molar-refractivity contribution in [2.24, 2.45) is 0 Å². The molecule has 0 aliphatic rings. The second kappa shape index (κ2) is 5.53. The van der Waals surface area contributed by atoms with Crippen molar-refractivity contribution in [2.75, 3.05) is 18.9 Å². The van der Waals surface area contributed by atoms with Gasteiger partial charge in [0.15, 0.2) is 0 Å². The maximum atomic E-state index is 11.9. The number of nitrogens with one attached hydrogen (secondary N) is 2. The van der Waals surface area contributed by atoms with E-state index in [1.165, 1.54) is 0 Å². The fourth-order valence-electron chi connectivity index (χ4n) is 1.73. The van der Waals surface area contributed by atoms with Crippen LogP contribution in [0, 0.1) is 0 Å². The number of amides is 2. The molecule has 5 nitrogen and oxygen atoms in total. The van der Waals surface area contributed by atoms with Gasteiger partial charge in [0.05, 0.1) is 17.4 Å². The lowest BCUT2D eigenvalue weighted by Gasteiger charge is -2.17. The lowest BCUT2D eigenvalue weighted by atomic mass is 10.3. The molecule has 0 spiro atoms. The number of aromatic nitrogens is 2. The quantitative estimate of drug-likeness (QED) is 0.871. The Bertz CT molecular complexity index is 535. The molecule has 18 heavy (non-hydrogen) atoms. The number of H-pyrrole nitrogens is 1. The monoisotopic (exact) mass is 246 g/mol. The molecule has 0 unspecified atom stereocenters. The topological polar surface area (TPSA) is 61.0 Å². The summed E-state index contributed by atoms with van der Waals surface area (Å²) in [5.41, 5.74) is 2.59. The van der Waals surface area contributed by atoms with Crippen LogP contribution in [0.1, 0.15) is 19.8 Å². The molecule has 2 amide bonds. The molecule has 2 N–H and O–H groups in total. The fraction of sp³-hybridized carbons (Fsp3) is 0.385. The smallest absolute Gasteiger partial charge is 0.321 e. The number of hydrogen-bond donors (Lipinski definition) is 2. The predicted octanol–water partition coefficient (Wildman–Crippen LogP) is 2.83. The largest absolute Gasteiger partial charge is 0.345 e. The van der Waals surface area contributed by atoms with Crippen LogP contribution in [0.3, 0.4) is 0 Å². The van der Waals surface area contributed by atoms with Gasteiger partial charge < -0.3 is 15.2 Å². The number of urea groups is 1. The number of rotatable bonds is 4. The molecule has 2 rings (SSSR count). The molecule has 1 heterocycles. The van der Waals surface area contributed by atoms with Crippen molar-refractivity contribution >= 4 is 22.8 Å². The number of unbranched alkanes of at least 4 members (excludes halogenated alkanes) is 1. The first-order chi connectivity index (χ1) is 8.70. The number of nitrogens with zero attached hydrogens (tertiary/aromatic N) is 2. The van der Waals surface area contributed by atoms with Gasteiger partial charge in [-0.25, -0.2) is 9.78 Å². The van der Waals surface area contributed by atoms with Crippen LogP contribution in [0.25, 0.3) is 11.0 Å². The Morgan fingerprint density at radius 3 is 3.11 bits per heavy atom. The van der Waals surface area contributed by atoms with E-state index < -0.39 is 0 Å². The third-order valence-electron chi connectivity index (χ3n) is 2.87. The average Bonchev–Trinajstić information content (AvgIpc) is 2.83. The van der Waals surface area contributed by atoms with Gasteiger partial charge in [-0.2, -0.15) is 0 Å². The van der Waals surface area contributed by atoms with Crippen LogP contribution < -0.4 is 5.32 Å². The SMILES string of the molecule is CCCCN(C)C(=O)Nc1ccc2nc[nH]c2c1. The number of aromatic amines is 1. The van der Waals surface area contributed by atoms with E-state index in [0.29, 0.717) is 0 Å². The van der Waals surface area contributed by atoms with E-state index in [0.717, 1.165) is 36.1 Å². The van der Waals surface area contributed by atoms with Gasteiger partial charge in [0.1, 0.15) is 0 Å². The molecule has 0 radical (unpaired) electrons. The minimum atomic E-state index is -0.0812. The number of imidazole rings is 1. The van der Waals surface area contributed by atoms with Crippen molar-refractivity contribution in [3.8, 4) is 0 Å². The van der Waals surface area contributed by atoms with E-state index in [9.17, 15) is 4.79 Å². The van der Waals surface area contributed by atoms with Crippen molar-refractivity contribution in [3.05, 3.63) is 24.5 Å². The number of hydrogen-bond acceptors (Lipinski definition) is 2. The van der Waals surface area contributed by atoms with Crippen LogP contribution in [-0.2, 0) is 0 Å². The molecule has 1 aromatic heterocycles. The second-order valence-electron chi connectivity index (χ2n) is 4.34. The molecule has 0 aliphatic carbocycles. The number of anilines is 1. The molecule has 1 aromatic carbocycles. The average molecular weight is 246 g/mol. The summed E-state index contributed by atoms with van der Waals surface area (Å²) in [6, 6.07) is 5.54. The van der Waals surface area contributed by atoms with Crippen LogP contribution in [-0.4, -0.2) is 34.5 Å². The molecular formula is C13H18N4O. The highest BCUT2D eigenvalue weighted by Crippen LogP contribution is 2.15. The third kappa shape index (κ3) is 2.80. The maximum Gasteiger partial charge on any atom is 0.321 e. The third-order valence-corrected chi connectivity index (χ3v) is 2.87. The highest BCUT2D eigenvalue weighted by atomic mass is 16.2. The Morgan fingerprint density at radius 2 is 2.33 bits per heavy atom. The minimum absolute atomic E-state index is 0.0812. The molecule has 96 valence electrons. The van der Waals surface area contributed by atoms with Crippen molar-refractivity contribution < 1.29 is 4.79 Å². The Hall–Kier alpha value is -2.04. The normalized spacial score (nSPS) is 10.6. The number of carbonyl (C=O) groups is 1. The highest BCUT2D eigenvalue weighted by molar-refractivity contribution is 5.91. The van der Waals surface area contributed by atoms with E-state index in [1.54, 1.807) is 18.3 Å². The first-order valence-electron chi connectivity index (χ1n) is 6.16. The first-order valence-corrected chi connectivity index (χ1v) is 6.16. The number of benzene rings is 1. The molecule has 5 heteroatoms. The Morgan fingerprint density at radius 1 is 1.50 bits per heavy atom. The molecule has 2 aromatic rings. The summed E-state index contributed by atoms with van der Waals surface area (Å²) in [4.78, 5) is 20.7. The van der Waals surface area contributed by atoms with Gasteiger partial charge >= 0.3 is 6.03 Å². The molecule has 0 saturated heterocycles. The summed E-state index contributed by atoms with van der Waals surface area (Å²) in [5.74, 6) is 0. The Balaban J connectivity index is 2.01. The summed E-state index contributed by atoms with van der Waals surface area (Å²) >= 11 is 0. The van der Waals surface area contributed by atoms with Gasteiger partial charge in [-0.15, -0.1) is 0 Å². The summed E-state index contributed by atoms with van der Waals surface area (Å²) in [6.07, 6.45) is 3.74. The predicted molar refractivity (Wildman–Crippen MR) is 72.7 cm³/mol. The van der Waals surface area contributed by atoms with Crippen molar-refractivity contribution in [1.82, 2.24) is 14.9 Å². The van der Waals surface area contributed by atoms with Crippen molar-refractivity contribution in [3.63, 3.8) is 0 Å². The zero-order valence-corrected chi connectivity index (χ0v) is 10.7. The second-order valence-corrected chi connectivity index (χ2v) is 4.34. The van der Waals surface area contributed by atoms with Crippen LogP contribution in [0.2, 0.25) is 0 Å². The van der Waals surface area contributed by atoms with Gasteiger partial charge in [0, 0.05) is 19.3 Å². The lowest BCUT2D eigenvalue weighted by molar-refractivity contribution is 0.222. The van der Waals surface area contributed by atoms with Crippen molar-refractivity contribution in [1.29, 1.82) is 0 Å². The van der Waals surface area contributed by atoms with Gasteiger partial charge in [-0.3, -0.25) is 0 Å². The summed E-state index contributed by atoms with van der Waals surface area (Å²) in [5, 5.41) is 2.87. The van der Waals surface area contributed by atoms with Gasteiger partial charge in [-0.05, 0) is 24.6 Å². The highest BCUT2D eigenvalue weighted by Gasteiger charge is 2.08.